The lowest BCUT2D eigenvalue weighted by Gasteiger charge is -2.11. The molecule has 0 amide bonds. The van der Waals surface area contributed by atoms with Crippen molar-refractivity contribution < 1.29 is 5.11 Å². The number of aromatic nitrogens is 1. The maximum Gasteiger partial charge on any atom is 0.0636 e. The maximum atomic E-state index is 10.0. The third-order valence-electron chi connectivity index (χ3n) is 2.58. The van der Waals surface area contributed by atoms with Crippen LogP contribution in [0, 0.1) is 0 Å². The molecule has 17 heavy (non-hydrogen) atoms. The minimum Gasteiger partial charge on any atom is -0.392 e. The summed E-state index contributed by atoms with van der Waals surface area (Å²) in [5.41, 5.74) is 2.04. The van der Waals surface area contributed by atoms with Crippen molar-refractivity contribution in [2.24, 2.45) is 0 Å². The third kappa shape index (κ3) is 3.65. The Bertz CT molecular complexity index is 473. The highest BCUT2D eigenvalue weighted by Gasteiger charge is 2.09. The van der Waals surface area contributed by atoms with E-state index >= 15 is 0 Å². The van der Waals surface area contributed by atoms with Crippen LogP contribution in [0.5, 0.6) is 0 Å². The van der Waals surface area contributed by atoms with Gasteiger partial charge in [-0.1, -0.05) is 40.2 Å². The molecule has 1 aromatic carbocycles. The summed E-state index contributed by atoms with van der Waals surface area (Å²) in [5, 5.41) is 10.0. The van der Waals surface area contributed by atoms with Gasteiger partial charge in [-0.15, -0.1) is 0 Å². The molecule has 0 fully saturated rings. The molecule has 0 aliphatic carbocycles. The molecule has 0 saturated carbocycles. The molecular weight excluding hydrogens is 278 g/mol. The first-order valence-electron chi connectivity index (χ1n) is 5.57. The topological polar surface area (TPSA) is 33.1 Å². The summed E-state index contributed by atoms with van der Waals surface area (Å²) in [6.07, 6.45) is 2.57. The Kier molecular flexibility index (Phi) is 4.29. The standard InChI is InChI=1S/C14H14BrNO/c15-14-7-2-1-5-11(14)9-13(17)10-12-6-3-4-8-16-12/h1-8,13,17H,9-10H2. The number of pyridine rings is 1. The number of hydrogen-bond acceptors (Lipinski definition) is 2. The van der Waals surface area contributed by atoms with Crippen LogP contribution >= 0.6 is 15.9 Å². The van der Waals surface area contributed by atoms with Crippen LogP contribution in [-0.4, -0.2) is 16.2 Å². The van der Waals surface area contributed by atoms with Crippen LogP contribution in [0.1, 0.15) is 11.3 Å². The Morgan fingerprint density at radius 1 is 1.06 bits per heavy atom. The van der Waals surface area contributed by atoms with Crippen LogP contribution in [0.15, 0.2) is 53.1 Å². The van der Waals surface area contributed by atoms with Gasteiger partial charge in [0.1, 0.15) is 0 Å². The molecule has 2 nitrogen and oxygen atoms in total. The van der Waals surface area contributed by atoms with Crippen molar-refractivity contribution >= 4 is 15.9 Å². The molecule has 0 bridgehead atoms. The molecule has 0 aliphatic heterocycles. The van der Waals surface area contributed by atoms with Gasteiger partial charge in [-0.2, -0.15) is 0 Å². The monoisotopic (exact) mass is 291 g/mol. The quantitative estimate of drug-likeness (QED) is 0.939. The first kappa shape index (κ1) is 12.3. The summed E-state index contributed by atoms with van der Waals surface area (Å²) in [6.45, 7) is 0. The van der Waals surface area contributed by atoms with Gasteiger partial charge in [0.15, 0.2) is 0 Å². The summed E-state index contributed by atoms with van der Waals surface area (Å²) in [5.74, 6) is 0. The highest BCUT2D eigenvalue weighted by Crippen LogP contribution is 2.18. The van der Waals surface area contributed by atoms with Gasteiger partial charge >= 0.3 is 0 Å². The number of aliphatic hydroxyl groups is 1. The summed E-state index contributed by atoms with van der Waals surface area (Å²) < 4.78 is 1.04. The number of benzene rings is 1. The fourth-order valence-electron chi connectivity index (χ4n) is 1.75. The zero-order valence-corrected chi connectivity index (χ0v) is 11.0. The van der Waals surface area contributed by atoms with E-state index in [1.807, 2.05) is 42.5 Å². The zero-order valence-electron chi connectivity index (χ0n) is 9.38. The van der Waals surface area contributed by atoms with Crippen LogP contribution in [0.2, 0.25) is 0 Å². The van der Waals surface area contributed by atoms with Crippen molar-refractivity contribution in [1.82, 2.24) is 4.98 Å². The van der Waals surface area contributed by atoms with Crippen molar-refractivity contribution in [2.75, 3.05) is 0 Å². The largest absolute Gasteiger partial charge is 0.392 e. The Morgan fingerprint density at radius 2 is 1.82 bits per heavy atom. The van der Waals surface area contributed by atoms with E-state index in [0.717, 1.165) is 15.7 Å². The molecule has 1 aromatic heterocycles. The van der Waals surface area contributed by atoms with E-state index in [0.29, 0.717) is 12.8 Å². The van der Waals surface area contributed by atoms with E-state index in [9.17, 15) is 5.11 Å². The smallest absolute Gasteiger partial charge is 0.0636 e. The Balaban J connectivity index is 1.98. The number of nitrogens with zero attached hydrogens (tertiary/aromatic N) is 1. The average molecular weight is 292 g/mol. The summed E-state index contributed by atoms with van der Waals surface area (Å²) >= 11 is 3.48. The summed E-state index contributed by atoms with van der Waals surface area (Å²) in [6, 6.07) is 13.7. The van der Waals surface area contributed by atoms with E-state index in [-0.39, 0.29) is 0 Å². The van der Waals surface area contributed by atoms with Gasteiger partial charge in [-0.3, -0.25) is 4.98 Å². The molecular formula is C14H14BrNO. The van der Waals surface area contributed by atoms with Crippen LogP contribution in [0.4, 0.5) is 0 Å². The molecule has 2 rings (SSSR count). The molecule has 2 aromatic rings. The van der Waals surface area contributed by atoms with Crippen LogP contribution < -0.4 is 0 Å². The van der Waals surface area contributed by atoms with E-state index < -0.39 is 6.10 Å². The second-order valence-electron chi connectivity index (χ2n) is 3.97. The molecule has 1 atom stereocenters. The van der Waals surface area contributed by atoms with Crippen LogP contribution in [0.25, 0.3) is 0 Å². The van der Waals surface area contributed by atoms with Gasteiger partial charge in [0.2, 0.25) is 0 Å². The number of aliphatic hydroxyl groups excluding tert-OH is 1. The third-order valence-corrected chi connectivity index (χ3v) is 3.36. The molecule has 1 unspecified atom stereocenters. The normalized spacial score (nSPS) is 12.4. The molecule has 0 saturated heterocycles. The molecule has 88 valence electrons. The minimum atomic E-state index is -0.399. The van der Waals surface area contributed by atoms with Gasteiger partial charge in [-0.05, 0) is 30.2 Å². The lowest BCUT2D eigenvalue weighted by Crippen LogP contribution is -2.14. The van der Waals surface area contributed by atoms with E-state index in [1.54, 1.807) is 6.20 Å². The van der Waals surface area contributed by atoms with Crippen LogP contribution in [0.3, 0.4) is 0 Å². The van der Waals surface area contributed by atoms with Gasteiger partial charge in [0.05, 0.1) is 6.10 Å². The summed E-state index contributed by atoms with van der Waals surface area (Å²) in [4.78, 5) is 4.21. The Labute approximate surface area is 109 Å². The summed E-state index contributed by atoms with van der Waals surface area (Å²) in [7, 11) is 0. The number of rotatable bonds is 4. The minimum absolute atomic E-state index is 0.399. The molecule has 1 N–H and O–H groups in total. The predicted octanol–water partition coefficient (Wildman–Crippen LogP) is 2.99. The van der Waals surface area contributed by atoms with E-state index in [4.69, 9.17) is 0 Å². The van der Waals surface area contributed by atoms with Crippen molar-refractivity contribution in [2.45, 2.75) is 18.9 Å². The lowest BCUT2D eigenvalue weighted by atomic mass is 10.0. The number of halogens is 1. The second-order valence-corrected chi connectivity index (χ2v) is 4.83. The predicted molar refractivity (Wildman–Crippen MR) is 71.8 cm³/mol. The molecule has 3 heteroatoms. The fraction of sp³-hybridized carbons (Fsp3) is 0.214. The lowest BCUT2D eigenvalue weighted by molar-refractivity contribution is 0.174. The van der Waals surface area contributed by atoms with Crippen molar-refractivity contribution in [3.8, 4) is 0 Å². The number of hydrogen-bond donors (Lipinski definition) is 1. The van der Waals surface area contributed by atoms with Gasteiger partial charge in [0, 0.05) is 22.8 Å². The Morgan fingerprint density at radius 3 is 2.53 bits per heavy atom. The second kappa shape index (κ2) is 5.94. The molecule has 0 radical (unpaired) electrons. The van der Waals surface area contributed by atoms with Gasteiger partial charge in [0.25, 0.3) is 0 Å². The Hall–Kier alpha value is -1.19. The fourth-order valence-corrected chi connectivity index (χ4v) is 2.20. The first-order valence-corrected chi connectivity index (χ1v) is 6.36. The maximum absolute atomic E-state index is 10.0. The molecule has 0 spiro atoms. The highest BCUT2D eigenvalue weighted by atomic mass is 79.9. The van der Waals surface area contributed by atoms with Crippen LogP contribution in [-0.2, 0) is 12.8 Å². The van der Waals surface area contributed by atoms with Crippen molar-refractivity contribution in [3.63, 3.8) is 0 Å². The SMILES string of the molecule is OC(Cc1ccccn1)Cc1ccccc1Br. The van der Waals surface area contributed by atoms with E-state index in [1.165, 1.54) is 0 Å². The van der Waals surface area contributed by atoms with E-state index in [2.05, 4.69) is 20.9 Å². The van der Waals surface area contributed by atoms with Crippen molar-refractivity contribution in [3.05, 3.63) is 64.4 Å². The highest BCUT2D eigenvalue weighted by molar-refractivity contribution is 9.10. The zero-order chi connectivity index (χ0) is 12.1. The molecule has 1 heterocycles. The average Bonchev–Trinajstić information content (AvgIpc) is 2.33. The van der Waals surface area contributed by atoms with Gasteiger partial charge < -0.3 is 5.11 Å². The first-order chi connectivity index (χ1) is 8.25. The van der Waals surface area contributed by atoms with Crippen molar-refractivity contribution in [1.29, 1.82) is 0 Å². The molecule has 0 aliphatic rings. The van der Waals surface area contributed by atoms with Gasteiger partial charge in [-0.25, -0.2) is 0 Å².